The second-order valence-corrected chi connectivity index (χ2v) is 1.92. The van der Waals surface area contributed by atoms with Gasteiger partial charge in [-0.05, 0) is 0 Å². The zero-order chi connectivity index (χ0) is 8.65. The van der Waals surface area contributed by atoms with Crippen LogP contribution >= 0.6 is 0 Å². The van der Waals surface area contributed by atoms with Crippen molar-refractivity contribution in [1.82, 2.24) is 0 Å². The van der Waals surface area contributed by atoms with Crippen LogP contribution in [0.5, 0.6) is 0 Å². The summed E-state index contributed by atoms with van der Waals surface area (Å²) in [5, 5.41) is 0. The number of nitrogens with two attached hydrogens (primary N) is 2. The van der Waals surface area contributed by atoms with Crippen LogP contribution in [0.15, 0.2) is 10.5 Å². The number of hydrogen-bond donors (Lipinski definition) is 2. The van der Waals surface area contributed by atoms with E-state index in [1.165, 1.54) is 0 Å². The summed E-state index contributed by atoms with van der Waals surface area (Å²) in [5.41, 5.74) is 8.76. The van der Waals surface area contributed by atoms with Gasteiger partial charge in [0, 0.05) is 6.07 Å². The predicted octanol–water partition coefficient (Wildman–Crippen LogP) is 1.46. The zero-order valence-corrected chi connectivity index (χ0v) is 5.27. The van der Waals surface area contributed by atoms with Crippen molar-refractivity contribution in [2.45, 2.75) is 6.18 Å². The maximum absolute atomic E-state index is 11.9. The summed E-state index contributed by atoms with van der Waals surface area (Å²) in [7, 11) is 0. The lowest BCUT2D eigenvalue weighted by atomic mass is 10.3. The summed E-state index contributed by atoms with van der Waals surface area (Å²) in [4.78, 5) is 0. The maximum atomic E-state index is 11.9. The highest BCUT2D eigenvalue weighted by atomic mass is 19.4. The van der Waals surface area contributed by atoms with E-state index in [9.17, 15) is 13.2 Å². The van der Waals surface area contributed by atoms with Crippen LogP contribution in [-0.2, 0) is 6.18 Å². The average molecular weight is 166 g/mol. The second-order valence-electron chi connectivity index (χ2n) is 1.92. The van der Waals surface area contributed by atoms with Crippen molar-refractivity contribution >= 4 is 11.8 Å². The monoisotopic (exact) mass is 166 g/mol. The first-order chi connectivity index (χ1) is 4.91. The Balaban J connectivity index is 3.13. The maximum Gasteiger partial charge on any atom is 0.421 e. The third kappa shape index (κ3) is 1.39. The molecule has 0 atom stereocenters. The van der Waals surface area contributed by atoms with Crippen molar-refractivity contribution in [2.24, 2.45) is 0 Å². The lowest BCUT2D eigenvalue weighted by Gasteiger charge is -2.01. The number of rotatable bonds is 0. The van der Waals surface area contributed by atoms with Crippen molar-refractivity contribution in [1.29, 1.82) is 0 Å². The largest absolute Gasteiger partial charge is 0.425 e. The Bertz CT molecular complexity index is 265. The highest BCUT2D eigenvalue weighted by molar-refractivity contribution is 5.47. The fourth-order valence-corrected chi connectivity index (χ4v) is 0.646. The lowest BCUT2D eigenvalue weighted by molar-refractivity contribution is -0.137. The van der Waals surface area contributed by atoms with E-state index in [0.29, 0.717) is 6.07 Å². The first kappa shape index (κ1) is 7.77. The third-order valence-corrected chi connectivity index (χ3v) is 1.09. The van der Waals surface area contributed by atoms with Gasteiger partial charge in [0.25, 0.3) is 0 Å². The van der Waals surface area contributed by atoms with Gasteiger partial charge >= 0.3 is 6.18 Å². The van der Waals surface area contributed by atoms with Crippen LogP contribution in [0.25, 0.3) is 0 Å². The van der Waals surface area contributed by atoms with Gasteiger partial charge in [0.15, 0.2) is 5.88 Å². The van der Waals surface area contributed by atoms with E-state index in [0.717, 1.165) is 0 Å². The van der Waals surface area contributed by atoms with Gasteiger partial charge in [-0.3, -0.25) is 0 Å². The molecule has 0 saturated heterocycles. The minimum atomic E-state index is -4.49. The molecule has 3 nitrogen and oxygen atoms in total. The minimum absolute atomic E-state index is 0.338. The average Bonchev–Trinajstić information content (AvgIpc) is 2.08. The molecular weight excluding hydrogens is 161 g/mol. The summed E-state index contributed by atoms with van der Waals surface area (Å²) >= 11 is 0. The van der Waals surface area contributed by atoms with Gasteiger partial charge in [-0.15, -0.1) is 0 Å². The molecule has 1 heterocycles. The quantitative estimate of drug-likeness (QED) is 0.613. The van der Waals surface area contributed by atoms with Gasteiger partial charge in [0.1, 0.15) is 5.56 Å². The van der Waals surface area contributed by atoms with Crippen LogP contribution < -0.4 is 11.5 Å². The molecule has 0 saturated carbocycles. The Hall–Kier alpha value is -1.33. The van der Waals surface area contributed by atoms with E-state index >= 15 is 0 Å². The van der Waals surface area contributed by atoms with E-state index in [1.807, 2.05) is 0 Å². The normalized spacial score (nSPS) is 11.9. The van der Waals surface area contributed by atoms with Gasteiger partial charge in [-0.1, -0.05) is 0 Å². The highest BCUT2D eigenvalue weighted by Gasteiger charge is 2.35. The number of halogens is 3. The SMILES string of the molecule is Nc1cc(C(F)(F)F)c(N)o1. The number of hydrogen-bond acceptors (Lipinski definition) is 3. The number of furan rings is 1. The van der Waals surface area contributed by atoms with Crippen LogP contribution in [0.1, 0.15) is 5.56 Å². The summed E-state index contributed by atoms with van der Waals surface area (Å²) in [6.45, 7) is 0. The first-order valence-corrected chi connectivity index (χ1v) is 2.63. The Morgan fingerprint density at radius 3 is 2.00 bits per heavy atom. The van der Waals surface area contributed by atoms with Crippen molar-refractivity contribution in [3.8, 4) is 0 Å². The molecule has 0 radical (unpaired) electrons. The number of nitrogen functional groups attached to an aromatic ring is 2. The van der Waals surface area contributed by atoms with Crippen LogP contribution in [-0.4, -0.2) is 0 Å². The van der Waals surface area contributed by atoms with E-state index in [4.69, 9.17) is 11.5 Å². The Morgan fingerprint density at radius 2 is 1.82 bits per heavy atom. The summed E-state index contributed by atoms with van der Waals surface area (Å²) in [6.07, 6.45) is -4.49. The van der Waals surface area contributed by atoms with Crippen LogP contribution in [0.4, 0.5) is 24.9 Å². The molecule has 0 aliphatic rings. The number of alkyl halides is 3. The predicted molar refractivity (Wildman–Crippen MR) is 32.5 cm³/mol. The molecule has 0 bridgehead atoms. The summed E-state index contributed by atoms with van der Waals surface area (Å²) in [5.74, 6) is -1.04. The van der Waals surface area contributed by atoms with E-state index < -0.39 is 17.6 Å². The molecule has 1 rings (SSSR count). The smallest absolute Gasteiger partial charge is 0.421 e. The van der Waals surface area contributed by atoms with Gasteiger partial charge in [0.05, 0.1) is 0 Å². The molecule has 1 aromatic rings. The fourth-order valence-electron chi connectivity index (χ4n) is 0.646. The van der Waals surface area contributed by atoms with E-state index in [-0.39, 0.29) is 5.88 Å². The molecule has 0 amide bonds. The second kappa shape index (κ2) is 2.08. The van der Waals surface area contributed by atoms with Crippen molar-refractivity contribution < 1.29 is 17.6 Å². The lowest BCUT2D eigenvalue weighted by Crippen LogP contribution is -2.05. The summed E-state index contributed by atoms with van der Waals surface area (Å²) in [6, 6.07) is 0.648. The van der Waals surface area contributed by atoms with E-state index in [2.05, 4.69) is 4.42 Å². The van der Waals surface area contributed by atoms with Gasteiger partial charge in [-0.25, -0.2) is 0 Å². The first-order valence-electron chi connectivity index (χ1n) is 2.63. The molecule has 0 aromatic carbocycles. The molecule has 62 valence electrons. The van der Waals surface area contributed by atoms with Crippen molar-refractivity contribution in [2.75, 3.05) is 11.5 Å². The molecule has 0 fully saturated rings. The van der Waals surface area contributed by atoms with Crippen LogP contribution in [0.3, 0.4) is 0 Å². The third-order valence-electron chi connectivity index (χ3n) is 1.09. The van der Waals surface area contributed by atoms with Gasteiger partial charge < -0.3 is 15.9 Å². The Kier molecular flexibility index (Phi) is 1.47. The molecule has 0 spiro atoms. The molecule has 4 N–H and O–H groups in total. The van der Waals surface area contributed by atoms with Crippen molar-refractivity contribution in [3.63, 3.8) is 0 Å². The minimum Gasteiger partial charge on any atom is -0.425 e. The van der Waals surface area contributed by atoms with Gasteiger partial charge in [0.2, 0.25) is 5.88 Å². The molecule has 0 aliphatic carbocycles. The number of anilines is 2. The van der Waals surface area contributed by atoms with Gasteiger partial charge in [-0.2, -0.15) is 13.2 Å². The standard InChI is InChI=1S/C5H5F3N2O/c6-5(7,8)2-1-3(9)11-4(2)10/h1H,9-10H2. The summed E-state index contributed by atoms with van der Waals surface area (Å²) < 4.78 is 39.9. The molecule has 0 aliphatic heterocycles. The molecule has 6 heteroatoms. The fraction of sp³-hybridized carbons (Fsp3) is 0.200. The Morgan fingerprint density at radius 1 is 1.27 bits per heavy atom. The van der Waals surface area contributed by atoms with E-state index in [1.54, 1.807) is 0 Å². The van der Waals surface area contributed by atoms with Crippen LogP contribution in [0, 0.1) is 0 Å². The molecular formula is C5H5F3N2O. The topological polar surface area (TPSA) is 65.2 Å². The molecule has 1 aromatic heterocycles. The highest BCUT2D eigenvalue weighted by Crippen LogP contribution is 2.36. The van der Waals surface area contributed by atoms with Crippen LogP contribution in [0.2, 0.25) is 0 Å². The van der Waals surface area contributed by atoms with Crippen molar-refractivity contribution in [3.05, 3.63) is 11.6 Å². The molecule has 11 heavy (non-hydrogen) atoms. The Labute approximate surface area is 59.8 Å². The molecule has 0 unspecified atom stereocenters. The zero-order valence-electron chi connectivity index (χ0n) is 5.27.